The van der Waals surface area contributed by atoms with Crippen LogP contribution in [-0.2, 0) is 9.47 Å². The Balaban J connectivity index is 2.45. The first kappa shape index (κ1) is 9.62. The lowest BCUT2D eigenvalue weighted by Crippen LogP contribution is -2.20. The highest BCUT2D eigenvalue weighted by Gasteiger charge is 2.27. The lowest BCUT2D eigenvalue weighted by atomic mass is 9.98. The standard InChI is InChI=1S/C11H13FO2/c1-7-3-4-8-9(5-7)10(12)6-14-11(8)13-2/h3-5,10-11H,6H2,1-2H3/t10-,11-/m1/s1. The van der Waals surface area contributed by atoms with Crippen molar-refractivity contribution in [2.24, 2.45) is 0 Å². The van der Waals surface area contributed by atoms with Crippen molar-refractivity contribution in [3.63, 3.8) is 0 Å². The molecule has 2 nitrogen and oxygen atoms in total. The van der Waals surface area contributed by atoms with E-state index in [0.717, 1.165) is 11.1 Å². The van der Waals surface area contributed by atoms with Crippen LogP contribution in [0.1, 0.15) is 29.2 Å². The molecule has 0 fully saturated rings. The van der Waals surface area contributed by atoms with Crippen molar-refractivity contribution < 1.29 is 13.9 Å². The highest BCUT2D eigenvalue weighted by Crippen LogP contribution is 2.35. The third-order valence-corrected chi connectivity index (χ3v) is 2.44. The van der Waals surface area contributed by atoms with Gasteiger partial charge in [-0.25, -0.2) is 4.39 Å². The molecule has 14 heavy (non-hydrogen) atoms. The van der Waals surface area contributed by atoms with Gasteiger partial charge in [0.2, 0.25) is 0 Å². The number of benzene rings is 1. The minimum Gasteiger partial charge on any atom is -0.352 e. The van der Waals surface area contributed by atoms with Gasteiger partial charge in [0, 0.05) is 12.7 Å². The number of fused-ring (bicyclic) bond motifs is 1. The quantitative estimate of drug-likeness (QED) is 0.687. The Hall–Kier alpha value is -0.930. The van der Waals surface area contributed by atoms with Crippen LogP contribution >= 0.6 is 0 Å². The summed E-state index contributed by atoms with van der Waals surface area (Å²) in [7, 11) is 1.56. The van der Waals surface area contributed by atoms with Gasteiger partial charge in [-0.05, 0) is 12.5 Å². The van der Waals surface area contributed by atoms with E-state index in [2.05, 4.69) is 0 Å². The molecule has 0 aromatic heterocycles. The van der Waals surface area contributed by atoms with Crippen molar-refractivity contribution in [1.82, 2.24) is 0 Å². The summed E-state index contributed by atoms with van der Waals surface area (Å²) >= 11 is 0. The fourth-order valence-corrected chi connectivity index (χ4v) is 1.73. The molecular formula is C11H13FO2. The van der Waals surface area contributed by atoms with Gasteiger partial charge in [0.25, 0.3) is 0 Å². The average Bonchev–Trinajstić information content (AvgIpc) is 2.19. The molecule has 0 saturated heterocycles. The van der Waals surface area contributed by atoms with Crippen molar-refractivity contribution in [2.45, 2.75) is 19.4 Å². The molecule has 1 aromatic carbocycles. The van der Waals surface area contributed by atoms with Gasteiger partial charge in [-0.15, -0.1) is 0 Å². The van der Waals surface area contributed by atoms with Gasteiger partial charge in [-0.3, -0.25) is 0 Å². The number of rotatable bonds is 1. The molecule has 1 aromatic rings. The van der Waals surface area contributed by atoms with Crippen molar-refractivity contribution in [3.8, 4) is 0 Å². The van der Waals surface area contributed by atoms with Crippen LogP contribution in [0.5, 0.6) is 0 Å². The van der Waals surface area contributed by atoms with Gasteiger partial charge in [-0.1, -0.05) is 23.8 Å². The molecule has 76 valence electrons. The van der Waals surface area contributed by atoms with E-state index >= 15 is 0 Å². The fourth-order valence-electron chi connectivity index (χ4n) is 1.73. The van der Waals surface area contributed by atoms with E-state index in [9.17, 15) is 4.39 Å². The van der Waals surface area contributed by atoms with Crippen LogP contribution < -0.4 is 0 Å². The molecule has 1 heterocycles. The lowest BCUT2D eigenvalue weighted by Gasteiger charge is -2.27. The van der Waals surface area contributed by atoms with Gasteiger partial charge in [0.05, 0.1) is 6.61 Å². The average molecular weight is 196 g/mol. The summed E-state index contributed by atoms with van der Waals surface area (Å²) in [5, 5.41) is 0. The van der Waals surface area contributed by atoms with Crippen LogP contribution in [0.4, 0.5) is 4.39 Å². The Morgan fingerprint density at radius 2 is 2.21 bits per heavy atom. The fraction of sp³-hybridized carbons (Fsp3) is 0.455. The lowest BCUT2D eigenvalue weighted by molar-refractivity contribution is -0.150. The maximum atomic E-state index is 13.5. The highest BCUT2D eigenvalue weighted by molar-refractivity contribution is 5.35. The Kier molecular flexibility index (Phi) is 2.52. The molecule has 0 radical (unpaired) electrons. The number of halogens is 1. The van der Waals surface area contributed by atoms with E-state index in [1.165, 1.54) is 0 Å². The zero-order chi connectivity index (χ0) is 10.1. The molecule has 0 amide bonds. The summed E-state index contributed by atoms with van der Waals surface area (Å²) in [5.41, 5.74) is 2.56. The topological polar surface area (TPSA) is 18.5 Å². The molecule has 0 spiro atoms. The van der Waals surface area contributed by atoms with E-state index < -0.39 is 12.5 Å². The van der Waals surface area contributed by atoms with Gasteiger partial charge in [-0.2, -0.15) is 0 Å². The predicted octanol–water partition coefficient (Wildman–Crippen LogP) is 2.68. The van der Waals surface area contributed by atoms with Crippen LogP contribution in [0, 0.1) is 6.92 Å². The van der Waals surface area contributed by atoms with Crippen LogP contribution in [-0.4, -0.2) is 13.7 Å². The van der Waals surface area contributed by atoms with E-state index in [-0.39, 0.29) is 6.61 Å². The van der Waals surface area contributed by atoms with Crippen molar-refractivity contribution in [2.75, 3.05) is 13.7 Å². The summed E-state index contributed by atoms with van der Waals surface area (Å²) < 4.78 is 23.8. The van der Waals surface area contributed by atoms with E-state index in [1.807, 2.05) is 25.1 Å². The van der Waals surface area contributed by atoms with Gasteiger partial charge in [0.15, 0.2) is 6.29 Å². The Morgan fingerprint density at radius 1 is 1.43 bits per heavy atom. The predicted molar refractivity (Wildman–Crippen MR) is 50.7 cm³/mol. The maximum absolute atomic E-state index is 13.5. The van der Waals surface area contributed by atoms with Crippen molar-refractivity contribution >= 4 is 0 Å². The van der Waals surface area contributed by atoms with Crippen LogP contribution in [0.2, 0.25) is 0 Å². The van der Waals surface area contributed by atoms with E-state index in [0.29, 0.717) is 5.56 Å². The molecule has 2 atom stereocenters. The largest absolute Gasteiger partial charge is 0.352 e. The number of aryl methyl sites for hydroxylation is 1. The molecule has 0 unspecified atom stereocenters. The second-order valence-corrected chi connectivity index (χ2v) is 3.50. The van der Waals surface area contributed by atoms with Crippen LogP contribution in [0.3, 0.4) is 0 Å². The molecule has 1 aliphatic heterocycles. The number of methoxy groups -OCH3 is 1. The minimum atomic E-state index is -1.03. The van der Waals surface area contributed by atoms with Crippen molar-refractivity contribution in [3.05, 3.63) is 34.9 Å². The van der Waals surface area contributed by atoms with Crippen LogP contribution in [0.25, 0.3) is 0 Å². The third kappa shape index (κ3) is 1.53. The molecule has 3 heteroatoms. The Bertz CT molecular complexity index is 338. The number of alkyl halides is 1. The smallest absolute Gasteiger partial charge is 0.183 e. The molecular weight excluding hydrogens is 183 g/mol. The molecule has 2 rings (SSSR count). The Labute approximate surface area is 82.6 Å². The van der Waals surface area contributed by atoms with Gasteiger partial charge in [0.1, 0.15) is 6.17 Å². The second kappa shape index (κ2) is 3.67. The number of ether oxygens (including phenoxy) is 2. The Morgan fingerprint density at radius 3 is 2.93 bits per heavy atom. The van der Waals surface area contributed by atoms with Crippen LogP contribution in [0.15, 0.2) is 18.2 Å². The summed E-state index contributed by atoms with van der Waals surface area (Å²) in [5.74, 6) is 0. The van der Waals surface area contributed by atoms with Gasteiger partial charge >= 0.3 is 0 Å². The number of hydrogen-bond acceptors (Lipinski definition) is 2. The molecule has 1 aliphatic rings. The molecule has 0 N–H and O–H groups in total. The molecule has 0 aliphatic carbocycles. The first-order valence-electron chi connectivity index (χ1n) is 4.61. The van der Waals surface area contributed by atoms with E-state index in [1.54, 1.807) is 7.11 Å². The maximum Gasteiger partial charge on any atom is 0.183 e. The highest BCUT2D eigenvalue weighted by atomic mass is 19.1. The summed E-state index contributed by atoms with van der Waals surface area (Å²) in [6, 6.07) is 5.66. The zero-order valence-electron chi connectivity index (χ0n) is 8.29. The first-order chi connectivity index (χ1) is 6.72. The second-order valence-electron chi connectivity index (χ2n) is 3.50. The number of hydrogen-bond donors (Lipinski definition) is 0. The summed E-state index contributed by atoms with van der Waals surface area (Å²) in [6.45, 7) is 2.03. The van der Waals surface area contributed by atoms with Gasteiger partial charge < -0.3 is 9.47 Å². The molecule has 0 saturated carbocycles. The van der Waals surface area contributed by atoms with Crippen molar-refractivity contribution in [1.29, 1.82) is 0 Å². The normalized spacial score (nSPS) is 25.9. The summed E-state index contributed by atoms with van der Waals surface area (Å²) in [4.78, 5) is 0. The molecule has 0 bridgehead atoms. The monoisotopic (exact) mass is 196 g/mol. The SMILES string of the molecule is CO[C@@H]1OC[C@@H](F)c2cc(C)ccc21. The van der Waals surface area contributed by atoms with E-state index in [4.69, 9.17) is 9.47 Å². The summed E-state index contributed by atoms with van der Waals surface area (Å²) in [6.07, 6.45) is -1.45. The zero-order valence-corrected chi connectivity index (χ0v) is 8.29. The third-order valence-electron chi connectivity index (χ3n) is 2.44. The minimum absolute atomic E-state index is 0.0783. The first-order valence-corrected chi connectivity index (χ1v) is 4.61.